The largest absolute Gasteiger partial charge is 0.322 e. The average molecular weight is 397 g/mol. The zero-order valence-corrected chi connectivity index (χ0v) is 17.3. The van der Waals surface area contributed by atoms with Crippen molar-refractivity contribution in [3.8, 4) is 0 Å². The van der Waals surface area contributed by atoms with Crippen LogP contribution in [0.15, 0.2) is 101 Å². The molecule has 3 heteroatoms. The summed E-state index contributed by atoms with van der Waals surface area (Å²) in [5.41, 5.74) is 2.58. The number of amidine groups is 1. The summed E-state index contributed by atoms with van der Waals surface area (Å²) in [6.45, 7) is 0. The van der Waals surface area contributed by atoms with Gasteiger partial charge in [0.15, 0.2) is 0 Å². The van der Waals surface area contributed by atoms with Gasteiger partial charge in [-0.2, -0.15) is 0 Å². The van der Waals surface area contributed by atoms with Gasteiger partial charge in [-0.05, 0) is 59.3 Å². The molecule has 2 aliphatic rings. The van der Waals surface area contributed by atoms with E-state index in [0.717, 1.165) is 12.8 Å². The fourth-order valence-corrected chi connectivity index (χ4v) is 4.56. The molecule has 1 aliphatic heterocycles. The first-order valence-electron chi connectivity index (χ1n) is 10.1. The number of aliphatic imine (C=N–C) groups is 1. The highest BCUT2D eigenvalue weighted by atomic mass is 32.2. The summed E-state index contributed by atoms with van der Waals surface area (Å²) in [5.74, 6) is 1.19. The van der Waals surface area contributed by atoms with Crippen molar-refractivity contribution in [2.45, 2.75) is 29.8 Å². The highest BCUT2D eigenvalue weighted by Crippen LogP contribution is 2.41. The molecule has 2 nitrogen and oxygen atoms in total. The number of hydrogen-bond acceptors (Lipinski definition) is 2. The van der Waals surface area contributed by atoms with Crippen molar-refractivity contribution in [1.29, 1.82) is 0 Å². The Bertz CT molecular complexity index is 1110. The molecule has 0 spiro atoms. The lowest BCUT2D eigenvalue weighted by Crippen LogP contribution is -2.47. The Balaban J connectivity index is 1.50. The summed E-state index contributed by atoms with van der Waals surface area (Å²) < 4.78 is 0. The van der Waals surface area contributed by atoms with E-state index in [1.54, 1.807) is 11.8 Å². The van der Waals surface area contributed by atoms with Crippen LogP contribution in [0.4, 0.5) is 5.69 Å². The first-order valence-corrected chi connectivity index (χ1v) is 11.4. The van der Waals surface area contributed by atoms with E-state index in [4.69, 9.17) is 4.99 Å². The Morgan fingerprint density at radius 3 is 2.52 bits per heavy atom. The molecule has 1 saturated heterocycles. The molecule has 0 N–H and O–H groups in total. The summed E-state index contributed by atoms with van der Waals surface area (Å²) in [4.78, 5) is 8.78. The molecule has 144 valence electrons. The van der Waals surface area contributed by atoms with Crippen LogP contribution in [0.1, 0.15) is 24.4 Å². The molecule has 1 heterocycles. The van der Waals surface area contributed by atoms with Gasteiger partial charge in [-0.25, -0.2) is 0 Å². The molecule has 2 unspecified atom stereocenters. The average Bonchev–Trinajstić information content (AvgIpc) is 2.77. The first kappa shape index (κ1) is 18.3. The van der Waals surface area contributed by atoms with E-state index in [2.05, 4.69) is 102 Å². The second kappa shape index (κ2) is 7.92. The van der Waals surface area contributed by atoms with Crippen LogP contribution >= 0.6 is 11.8 Å². The summed E-state index contributed by atoms with van der Waals surface area (Å²) in [7, 11) is 0. The van der Waals surface area contributed by atoms with Gasteiger partial charge >= 0.3 is 0 Å². The SMILES string of the molecule is CSc1ccc(N2/C(=N/C3C=CC=CC3)CC2c2ccc3ccccc3c2)cc1. The molecule has 1 aliphatic carbocycles. The van der Waals surface area contributed by atoms with E-state index in [9.17, 15) is 0 Å². The number of rotatable bonds is 4. The zero-order valence-electron chi connectivity index (χ0n) is 16.5. The van der Waals surface area contributed by atoms with Crippen molar-refractivity contribution < 1.29 is 0 Å². The molecule has 5 rings (SSSR count). The van der Waals surface area contributed by atoms with Crippen molar-refractivity contribution in [1.82, 2.24) is 0 Å². The molecule has 3 aromatic carbocycles. The molecule has 0 saturated carbocycles. The van der Waals surface area contributed by atoms with Gasteiger partial charge in [0, 0.05) is 17.0 Å². The number of nitrogens with zero attached hydrogens (tertiary/aromatic N) is 2. The van der Waals surface area contributed by atoms with Gasteiger partial charge in [0.25, 0.3) is 0 Å². The maximum atomic E-state index is 5.08. The zero-order chi connectivity index (χ0) is 19.6. The lowest BCUT2D eigenvalue weighted by atomic mass is 9.90. The normalized spacial score (nSPS) is 22.2. The Morgan fingerprint density at radius 1 is 0.931 bits per heavy atom. The van der Waals surface area contributed by atoms with Crippen LogP contribution < -0.4 is 4.90 Å². The highest BCUT2D eigenvalue weighted by molar-refractivity contribution is 7.98. The predicted molar refractivity (Wildman–Crippen MR) is 126 cm³/mol. The molecule has 0 amide bonds. The maximum absolute atomic E-state index is 5.08. The number of allylic oxidation sites excluding steroid dienone is 2. The molecular weight excluding hydrogens is 372 g/mol. The molecule has 29 heavy (non-hydrogen) atoms. The van der Waals surface area contributed by atoms with Crippen molar-refractivity contribution in [2.75, 3.05) is 11.2 Å². The van der Waals surface area contributed by atoms with Crippen LogP contribution in [0.25, 0.3) is 10.8 Å². The molecule has 3 aromatic rings. The lowest BCUT2D eigenvalue weighted by Gasteiger charge is -2.45. The topological polar surface area (TPSA) is 15.6 Å². The van der Waals surface area contributed by atoms with Gasteiger partial charge in [-0.3, -0.25) is 4.99 Å². The third-order valence-electron chi connectivity index (χ3n) is 5.75. The lowest BCUT2D eigenvalue weighted by molar-refractivity contribution is 0.638. The molecule has 1 fully saturated rings. The van der Waals surface area contributed by atoms with Gasteiger partial charge in [0.05, 0.1) is 12.1 Å². The monoisotopic (exact) mass is 396 g/mol. The van der Waals surface area contributed by atoms with Crippen LogP contribution in [0.5, 0.6) is 0 Å². The van der Waals surface area contributed by atoms with Crippen molar-refractivity contribution >= 4 is 34.1 Å². The van der Waals surface area contributed by atoms with Gasteiger partial charge in [-0.15, -0.1) is 11.8 Å². The number of benzene rings is 3. The number of anilines is 1. The fraction of sp³-hybridized carbons (Fsp3) is 0.192. The standard InChI is InChI=1S/C26H24N2S/c1-29-24-15-13-23(14-16-24)28-25(18-26(28)27-22-9-3-2-4-10-22)21-12-11-19-7-5-6-8-20(19)17-21/h2-9,11-17,22,25H,10,18H2,1H3/b27-26+. The maximum Gasteiger partial charge on any atom is 0.107 e. The smallest absolute Gasteiger partial charge is 0.107 e. The van der Waals surface area contributed by atoms with Crippen LogP contribution in [-0.4, -0.2) is 18.1 Å². The minimum Gasteiger partial charge on any atom is -0.322 e. The molecule has 2 atom stereocenters. The first-order chi connectivity index (χ1) is 14.3. The Labute approximate surface area is 176 Å². The Hall–Kier alpha value is -2.78. The van der Waals surface area contributed by atoms with E-state index in [-0.39, 0.29) is 6.04 Å². The van der Waals surface area contributed by atoms with Crippen LogP contribution in [0.3, 0.4) is 0 Å². The van der Waals surface area contributed by atoms with E-state index in [0.29, 0.717) is 6.04 Å². The van der Waals surface area contributed by atoms with Crippen LogP contribution in [0.2, 0.25) is 0 Å². The molecule has 0 radical (unpaired) electrons. The van der Waals surface area contributed by atoms with Gasteiger partial charge in [0.2, 0.25) is 0 Å². The van der Waals surface area contributed by atoms with E-state index < -0.39 is 0 Å². The van der Waals surface area contributed by atoms with Crippen molar-refractivity contribution in [3.05, 3.63) is 96.6 Å². The Kier molecular flexibility index (Phi) is 4.99. The van der Waals surface area contributed by atoms with Crippen LogP contribution in [0, 0.1) is 0 Å². The van der Waals surface area contributed by atoms with Crippen molar-refractivity contribution in [3.63, 3.8) is 0 Å². The van der Waals surface area contributed by atoms with E-state index in [1.807, 2.05) is 0 Å². The third kappa shape index (κ3) is 3.63. The Morgan fingerprint density at radius 2 is 1.76 bits per heavy atom. The summed E-state index contributed by atoms with van der Waals surface area (Å²) >= 11 is 1.78. The molecular formula is C26H24N2S. The number of hydrogen-bond donors (Lipinski definition) is 0. The van der Waals surface area contributed by atoms with E-state index in [1.165, 1.54) is 32.8 Å². The molecule has 0 bridgehead atoms. The quantitative estimate of drug-likeness (QED) is 0.451. The summed E-state index contributed by atoms with van der Waals surface area (Å²) in [5, 5.41) is 2.59. The highest BCUT2D eigenvalue weighted by Gasteiger charge is 2.36. The number of thioether (sulfide) groups is 1. The third-order valence-corrected chi connectivity index (χ3v) is 6.49. The fourth-order valence-electron chi connectivity index (χ4n) is 4.15. The van der Waals surface area contributed by atoms with Gasteiger partial charge < -0.3 is 4.90 Å². The van der Waals surface area contributed by atoms with Crippen LogP contribution in [-0.2, 0) is 0 Å². The summed E-state index contributed by atoms with van der Waals surface area (Å²) in [6, 6.07) is 24.9. The molecule has 0 aromatic heterocycles. The minimum atomic E-state index is 0.250. The van der Waals surface area contributed by atoms with E-state index >= 15 is 0 Å². The van der Waals surface area contributed by atoms with Gasteiger partial charge in [0.1, 0.15) is 5.84 Å². The van der Waals surface area contributed by atoms with Crippen molar-refractivity contribution in [2.24, 2.45) is 4.99 Å². The second-order valence-electron chi connectivity index (χ2n) is 7.56. The minimum absolute atomic E-state index is 0.250. The summed E-state index contributed by atoms with van der Waals surface area (Å²) in [6.07, 6.45) is 12.7. The number of fused-ring (bicyclic) bond motifs is 1. The predicted octanol–water partition coefficient (Wildman–Crippen LogP) is 6.80. The second-order valence-corrected chi connectivity index (χ2v) is 8.44. The van der Waals surface area contributed by atoms with Gasteiger partial charge in [-0.1, -0.05) is 60.7 Å².